The van der Waals surface area contributed by atoms with Crippen LogP contribution in [0.15, 0.2) is 0 Å². The third kappa shape index (κ3) is 1.82. The molecule has 2 aliphatic rings. The second-order valence-electron chi connectivity index (χ2n) is 5.83. The molecule has 4 rings (SSSR count). The second kappa shape index (κ2) is 4.59. The average Bonchev–Trinajstić information content (AvgIpc) is 3.16. The van der Waals surface area contributed by atoms with Gasteiger partial charge in [0.2, 0.25) is 0 Å². The number of thiophene rings is 1. The first kappa shape index (κ1) is 12.9. The molecule has 1 aliphatic heterocycles. The Morgan fingerprint density at radius 1 is 1.14 bits per heavy atom. The molecule has 1 fully saturated rings. The van der Waals surface area contributed by atoms with Crippen LogP contribution in [0, 0.1) is 0 Å². The molecule has 0 saturated carbocycles. The predicted octanol–water partition coefficient (Wildman–Crippen LogP) is 2.07. The van der Waals surface area contributed by atoms with E-state index in [4.69, 9.17) is 16.5 Å². The number of hydrogen-bond acceptors (Lipinski definition) is 5. The van der Waals surface area contributed by atoms with Gasteiger partial charge in [-0.3, -0.25) is 4.79 Å². The molecular formula is C15H18N4OS. The average molecular weight is 302 g/mol. The number of primary amides is 1. The van der Waals surface area contributed by atoms with E-state index in [0.717, 1.165) is 48.4 Å². The van der Waals surface area contributed by atoms with Crippen molar-refractivity contribution in [1.29, 1.82) is 0 Å². The minimum Gasteiger partial charge on any atom is -0.397 e. The van der Waals surface area contributed by atoms with Gasteiger partial charge >= 0.3 is 0 Å². The molecular weight excluding hydrogens is 284 g/mol. The van der Waals surface area contributed by atoms with E-state index < -0.39 is 5.91 Å². The molecule has 6 heteroatoms. The topological polar surface area (TPSA) is 85.2 Å². The quantitative estimate of drug-likeness (QED) is 0.889. The molecule has 0 atom stereocenters. The van der Waals surface area contributed by atoms with Crippen LogP contribution >= 0.6 is 11.3 Å². The zero-order valence-electron chi connectivity index (χ0n) is 11.8. The minimum atomic E-state index is -0.454. The fraction of sp³-hybridized carbons (Fsp3) is 0.467. The van der Waals surface area contributed by atoms with Crippen molar-refractivity contribution in [2.24, 2.45) is 5.73 Å². The summed E-state index contributed by atoms with van der Waals surface area (Å²) in [6.45, 7) is 2.16. The summed E-state index contributed by atoms with van der Waals surface area (Å²) in [7, 11) is 0. The molecule has 0 bridgehead atoms. The van der Waals surface area contributed by atoms with Gasteiger partial charge in [-0.1, -0.05) is 0 Å². The van der Waals surface area contributed by atoms with Crippen molar-refractivity contribution in [2.75, 3.05) is 23.7 Å². The van der Waals surface area contributed by atoms with Crippen molar-refractivity contribution >= 4 is 39.0 Å². The molecule has 110 valence electrons. The summed E-state index contributed by atoms with van der Waals surface area (Å²) in [6.07, 6.45) is 5.68. The van der Waals surface area contributed by atoms with E-state index in [1.54, 1.807) is 0 Å². The van der Waals surface area contributed by atoms with E-state index in [-0.39, 0.29) is 0 Å². The SMILES string of the molecule is NC(=O)c1sc2nc(N3CCCC3)c3c(c2c1N)CCC3. The van der Waals surface area contributed by atoms with Crippen LogP contribution in [-0.2, 0) is 12.8 Å². The normalized spacial score (nSPS) is 17.6. The first-order valence-corrected chi connectivity index (χ1v) is 8.27. The smallest absolute Gasteiger partial charge is 0.260 e. The summed E-state index contributed by atoms with van der Waals surface area (Å²) in [5, 5.41) is 0.976. The standard InChI is InChI=1S/C15H18N4OS/c16-11-10-8-4-3-5-9(8)14(19-6-1-2-7-19)18-15(10)21-12(11)13(17)20/h1-7,16H2,(H2,17,20). The van der Waals surface area contributed by atoms with E-state index in [2.05, 4.69) is 4.90 Å². The van der Waals surface area contributed by atoms with Gasteiger partial charge in [-0.2, -0.15) is 0 Å². The highest BCUT2D eigenvalue weighted by atomic mass is 32.1. The molecule has 1 saturated heterocycles. The molecule has 0 radical (unpaired) electrons. The Hall–Kier alpha value is -1.82. The maximum Gasteiger partial charge on any atom is 0.260 e. The van der Waals surface area contributed by atoms with Gasteiger partial charge in [0.05, 0.1) is 5.69 Å². The van der Waals surface area contributed by atoms with Crippen LogP contribution in [-0.4, -0.2) is 24.0 Å². The van der Waals surface area contributed by atoms with Gasteiger partial charge in [0.15, 0.2) is 0 Å². The Kier molecular flexibility index (Phi) is 2.82. The van der Waals surface area contributed by atoms with E-state index in [1.807, 2.05) is 0 Å². The number of carbonyl (C=O) groups excluding carboxylic acids is 1. The number of nitrogen functional groups attached to an aromatic ring is 1. The Balaban J connectivity index is 1.99. The molecule has 0 aromatic carbocycles. The van der Waals surface area contributed by atoms with Crippen LogP contribution in [0.3, 0.4) is 0 Å². The third-order valence-electron chi connectivity index (χ3n) is 4.55. The first-order chi connectivity index (χ1) is 10.2. The molecule has 1 amide bonds. The monoisotopic (exact) mass is 302 g/mol. The van der Waals surface area contributed by atoms with Gasteiger partial charge in [-0.15, -0.1) is 11.3 Å². The fourth-order valence-corrected chi connectivity index (χ4v) is 4.58. The van der Waals surface area contributed by atoms with Crippen molar-refractivity contribution in [3.05, 3.63) is 16.0 Å². The van der Waals surface area contributed by atoms with Crippen molar-refractivity contribution in [3.8, 4) is 0 Å². The van der Waals surface area contributed by atoms with Crippen molar-refractivity contribution in [1.82, 2.24) is 4.98 Å². The van der Waals surface area contributed by atoms with E-state index >= 15 is 0 Å². The lowest BCUT2D eigenvalue weighted by atomic mass is 10.1. The van der Waals surface area contributed by atoms with Crippen LogP contribution in [0.4, 0.5) is 11.5 Å². The fourth-order valence-electron chi connectivity index (χ4n) is 3.61. The Morgan fingerprint density at radius 2 is 1.86 bits per heavy atom. The van der Waals surface area contributed by atoms with E-state index in [1.165, 1.54) is 35.3 Å². The molecule has 2 aromatic heterocycles. The van der Waals surface area contributed by atoms with E-state index in [9.17, 15) is 4.79 Å². The lowest BCUT2D eigenvalue weighted by Gasteiger charge is -2.20. The highest BCUT2D eigenvalue weighted by molar-refractivity contribution is 7.21. The van der Waals surface area contributed by atoms with Crippen molar-refractivity contribution < 1.29 is 4.79 Å². The van der Waals surface area contributed by atoms with Crippen molar-refractivity contribution in [2.45, 2.75) is 32.1 Å². The Morgan fingerprint density at radius 3 is 2.57 bits per heavy atom. The summed E-state index contributed by atoms with van der Waals surface area (Å²) >= 11 is 1.33. The van der Waals surface area contributed by atoms with Crippen LogP contribution < -0.4 is 16.4 Å². The van der Waals surface area contributed by atoms with Crippen LogP contribution in [0.1, 0.15) is 40.1 Å². The molecule has 1 aliphatic carbocycles. The zero-order valence-corrected chi connectivity index (χ0v) is 12.6. The molecule has 0 unspecified atom stereocenters. The Bertz CT molecular complexity index is 746. The van der Waals surface area contributed by atoms with Gasteiger partial charge < -0.3 is 16.4 Å². The molecule has 0 spiro atoms. The first-order valence-electron chi connectivity index (χ1n) is 7.45. The number of aromatic nitrogens is 1. The van der Waals surface area contributed by atoms with Gasteiger partial charge in [-0.05, 0) is 43.2 Å². The largest absolute Gasteiger partial charge is 0.397 e. The molecule has 3 heterocycles. The number of amides is 1. The van der Waals surface area contributed by atoms with Gasteiger partial charge in [0.25, 0.3) is 5.91 Å². The highest BCUT2D eigenvalue weighted by Crippen LogP contribution is 2.42. The summed E-state index contributed by atoms with van der Waals surface area (Å²) in [5.41, 5.74) is 14.8. The molecule has 5 nitrogen and oxygen atoms in total. The van der Waals surface area contributed by atoms with Crippen molar-refractivity contribution in [3.63, 3.8) is 0 Å². The maximum absolute atomic E-state index is 11.5. The Labute approximate surface area is 126 Å². The summed E-state index contributed by atoms with van der Waals surface area (Å²) < 4.78 is 0. The summed E-state index contributed by atoms with van der Waals surface area (Å²) in [4.78, 5) is 20.1. The van der Waals surface area contributed by atoms with Gasteiger partial charge in [0, 0.05) is 18.5 Å². The lowest BCUT2D eigenvalue weighted by molar-refractivity contribution is 0.100. The number of hydrogen-bond donors (Lipinski definition) is 2. The third-order valence-corrected chi connectivity index (χ3v) is 5.67. The summed E-state index contributed by atoms with van der Waals surface area (Å²) in [6, 6.07) is 0. The number of rotatable bonds is 2. The number of fused-ring (bicyclic) bond motifs is 3. The summed E-state index contributed by atoms with van der Waals surface area (Å²) in [5.74, 6) is 0.662. The maximum atomic E-state index is 11.5. The van der Waals surface area contributed by atoms with Crippen LogP contribution in [0.2, 0.25) is 0 Å². The predicted molar refractivity (Wildman–Crippen MR) is 86.0 cm³/mol. The lowest BCUT2D eigenvalue weighted by Crippen LogP contribution is -2.20. The number of nitrogens with zero attached hydrogens (tertiary/aromatic N) is 2. The second-order valence-corrected chi connectivity index (χ2v) is 6.83. The number of anilines is 2. The van der Waals surface area contributed by atoms with Gasteiger partial charge in [-0.25, -0.2) is 4.98 Å². The van der Waals surface area contributed by atoms with Gasteiger partial charge in [0.1, 0.15) is 15.5 Å². The molecule has 21 heavy (non-hydrogen) atoms. The number of pyridine rings is 1. The van der Waals surface area contributed by atoms with Crippen LogP contribution in [0.25, 0.3) is 10.2 Å². The molecule has 4 N–H and O–H groups in total. The zero-order chi connectivity index (χ0) is 14.6. The highest BCUT2D eigenvalue weighted by Gasteiger charge is 2.28. The minimum absolute atomic E-state index is 0.449. The number of carbonyl (C=O) groups is 1. The van der Waals surface area contributed by atoms with E-state index in [0.29, 0.717) is 10.6 Å². The number of nitrogens with two attached hydrogens (primary N) is 2. The molecule has 2 aromatic rings. The van der Waals surface area contributed by atoms with Crippen LogP contribution in [0.5, 0.6) is 0 Å². The number of aryl methyl sites for hydroxylation is 1.